The van der Waals surface area contributed by atoms with Crippen LogP contribution in [0.15, 0.2) is 30.3 Å². The van der Waals surface area contributed by atoms with E-state index in [2.05, 4.69) is 5.32 Å². The van der Waals surface area contributed by atoms with E-state index in [4.69, 9.17) is 10.5 Å². The maximum absolute atomic E-state index is 11.8. The lowest BCUT2D eigenvalue weighted by atomic mass is 10.1. The Bertz CT molecular complexity index is 341. The average Bonchev–Trinajstić information content (AvgIpc) is 2.36. The van der Waals surface area contributed by atoms with Crippen LogP contribution in [-0.2, 0) is 9.53 Å². The van der Waals surface area contributed by atoms with E-state index in [9.17, 15) is 4.79 Å². The van der Waals surface area contributed by atoms with Gasteiger partial charge in [0.05, 0.1) is 0 Å². The van der Waals surface area contributed by atoms with Crippen molar-refractivity contribution in [3.63, 3.8) is 0 Å². The Labute approximate surface area is 102 Å². The minimum atomic E-state index is -0.610. The van der Waals surface area contributed by atoms with Crippen molar-refractivity contribution in [2.45, 2.75) is 25.4 Å². The summed E-state index contributed by atoms with van der Waals surface area (Å²) in [7, 11) is 1.64. The van der Waals surface area contributed by atoms with Gasteiger partial charge in [-0.1, -0.05) is 30.3 Å². The van der Waals surface area contributed by atoms with Gasteiger partial charge in [0.15, 0.2) is 0 Å². The summed E-state index contributed by atoms with van der Waals surface area (Å²) in [5, 5.41) is 2.87. The number of rotatable bonds is 6. The van der Waals surface area contributed by atoms with Gasteiger partial charge in [-0.15, -0.1) is 0 Å². The highest BCUT2D eigenvalue weighted by Crippen LogP contribution is 2.09. The Balaban J connectivity index is 2.47. The molecule has 0 saturated heterocycles. The van der Waals surface area contributed by atoms with Gasteiger partial charge in [0, 0.05) is 19.8 Å². The van der Waals surface area contributed by atoms with E-state index in [1.165, 1.54) is 0 Å². The lowest BCUT2D eigenvalue weighted by Gasteiger charge is -2.17. The topological polar surface area (TPSA) is 64.3 Å². The predicted molar refractivity (Wildman–Crippen MR) is 67.5 cm³/mol. The predicted octanol–water partition coefficient (Wildman–Crippen LogP) is 1.23. The molecule has 0 aromatic heterocycles. The van der Waals surface area contributed by atoms with E-state index in [0.717, 1.165) is 12.0 Å². The maximum Gasteiger partial charge on any atom is 0.241 e. The van der Waals surface area contributed by atoms with Gasteiger partial charge < -0.3 is 15.8 Å². The third-order valence-corrected chi connectivity index (χ3v) is 2.58. The van der Waals surface area contributed by atoms with Gasteiger partial charge in [-0.3, -0.25) is 4.79 Å². The van der Waals surface area contributed by atoms with Crippen molar-refractivity contribution in [1.29, 1.82) is 0 Å². The first kappa shape index (κ1) is 13.7. The molecule has 0 bridgehead atoms. The van der Waals surface area contributed by atoms with Crippen LogP contribution in [0.5, 0.6) is 0 Å². The highest BCUT2D eigenvalue weighted by molar-refractivity contribution is 5.83. The van der Waals surface area contributed by atoms with Crippen LogP contribution in [0.25, 0.3) is 0 Å². The monoisotopic (exact) mass is 236 g/mol. The van der Waals surface area contributed by atoms with Crippen LogP contribution < -0.4 is 11.1 Å². The molecule has 1 unspecified atom stereocenters. The Morgan fingerprint density at radius 3 is 2.65 bits per heavy atom. The molecular weight excluding hydrogens is 216 g/mol. The van der Waals surface area contributed by atoms with Gasteiger partial charge in [-0.2, -0.15) is 0 Å². The van der Waals surface area contributed by atoms with E-state index >= 15 is 0 Å². The number of nitrogens with one attached hydrogen (secondary N) is 1. The normalized spacial score (nSPS) is 14.1. The number of ether oxygens (including phenoxy) is 1. The summed E-state index contributed by atoms with van der Waals surface area (Å²) in [5.74, 6) is -0.153. The molecule has 1 rings (SSSR count). The second kappa shape index (κ2) is 7.04. The minimum Gasteiger partial charge on any atom is -0.385 e. The summed E-state index contributed by atoms with van der Waals surface area (Å²) >= 11 is 0. The van der Waals surface area contributed by atoms with Crippen molar-refractivity contribution >= 4 is 5.91 Å². The number of carbonyl (C=O) groups excluding carboxylic acids is 1. The quantitative estimate of drug-likeness (QED) is 0.780. The van der Waals surface area contributed by atoms with Gasteiger partial charge in [0.2, 0.25) is 5.91 Å². The highest BCUT2D eigenvalue weighted by atomic mass is 16.5. The Kier molecular flexibility index (Phi) is 5.66. The van der Waals surface area contributed by atoms with Gasteiger partial charge in [-0.05, 0) is 18.9 Å². The molecule has 17 heavy (non-hydrogen) atoms. The molecule has 4 nitrogen and oxygen atoms in total. The second-order valence-electron chi connectivity index (χ2n) is 4.08. The lowest BCUT2D eigenvalue weighted by Crippen LogP contribution is -2.39. The summed E-state index contributed by atoms with van der Waals surface area (Å²) in [5.41, 5.74) is 6.70. The molecule has 0 aliphatic carbocycles. The Morgan fingerprint density at radius 2 is 2.06 bits per heavy atom. The van der Waals surface area contributed by atoms with Gasteiger partial charge >= 0.3 is 0 Å². The van der Waals surface area contributed by atoms with Crippen LogP contribution in [0.1, 0.15) is 24.9 Å². The zero-order valence-corrected chi connectivity index (χ0v) is 10.3. The number of nitrogens with two attached hydrogens (primary N) is 1. The highest BCUT2D eigenvalue weighted by Gasteiger charge is 2.16. The van der Waals surface area contributed by atoms with E-state index in [1.54, 1.807) is 7.11 Å². The minimum absolute atomic E-state index is 0.0669. The van der Waals surface area contributed by atoms with Crippen LogP contribution in [0.3, 0.4) is 0 Å². The molecule has 0 fully saturated rings. The van der Waals surface area contributed by atoms with E-state index in [-0.39, 0.29) is 11.9 Å². The molecule has 0 aliphatic rings. The zero-order valence-electron chi connectivity index (χ0n) is 10.3. The molecule has 0 heterocycles. The first-order valence-corrected chi connectivity index (χ1v) is 5.75. The maximum atomic E-state index is 11.8. The number of carbonyl (C=O) groups is 1. The molecule has 1 amide bonds. The molecule has 94 valence electrons. The molecule has 0 aliphatic heterocycles. The number of methoxy groups -OCH3 is 1. The van der Waals surface area contributed by atoms with Gasteiger partial charge in [0.1, 0.15) is 6.04 Å². The number of hydrogen-bond acceptors (Lipinski definition) is 3. The third kappa shape index (κ3) is 4.54. The van der Waals surface area contributed by atoms with Crippen molar-refractivity contribution in [2.75, 3.05) is 13.7 Å². The fourth-order valence-electron chi connectivity index (χ4n) is 1.51. The van der Waals surface area contributed by atoms with Crippen molar-refractivity contribution in [3.05, 3.63) is 35.9 Å². The van der Waals surface area contributed by atoms with Crippen LogP contribution in [-0.4, -0.2) is 25.7 Å². The molecule has 2 atom stereocenters. The second-order valence-corrected chi connectivity index (χ2v) is 4.08. The lowest BCUT2D eigenvalue weighted by molar-refractivity contribution is -0.123. The Morgan fingerprint density at radius 1 is 1.41 bits per heavy atom. The summed E-state index contributed by atoms with van der Waals surface area (Å²) in [6.45, 7) is 2.57. The summed E-state index contributed by atoms with van der Waals surface area (Å²) in [4.78, 5) is 11.8. The zero-order chi connectivity index (χ0) is 12.7. The smallest absolute Gasteiger partial charge is 0.241 e. The first-order valence-electron chi connectivity index (χ1n) is 5.75. The van der Waals surface area contributed by atoms with Crippen LogP contribution in [0.4, 0.5) is 0 Å². The number of benzene rings is 1. The molecular formula is C13H20N2O2. The molecule has 3 N–H and O–H groups in total. The summed E-state index contributed by atoms with van der Waals surface area (Å²) in [6.07, 6.45) is 0.781. The summed E-state index contributed by atoms with van der Waals surface area (Å²) in [6, 6.07) is 8.80. The van der Waals surface area contributed by atoms with E-state index in [0.29, 0.717) is 6.61 Å². The van der Waals surface area contributed by atoms with Crippen molar-refractivity contribution < 1.29 is 9.53 Å². The fraction of sp³-hybridized carbons (Fsp3) is 0.462. The Hall–Kier alpha value is -1.39. The standard InChI is InChI=1S/C13H20N2O2/c1-10(8-9-17-2)15-13(16)12(14)11-6-4-3-5-7-11/h3-7,10,12H,8-9,14H2,1-2H3,(H,15,16)/t10?,12-/m1/s1. The number of amides is 1. The molecule has 1 aromatic rings. The van der Waals surface area contributed by atoms with Crippen LogP contribution in [0, 0.1) is 0 Å². The number of hydrogen-bond donors (Lipinski definition) is 2. The first-order chi connectivity index (χ1) is 8.15. The molecule has 4 heteroatoms. The molecule has 0 spiro atoms. The molecule has 1 aromatic carbocycles. The van der Waals surface area contributed by atoms with Crippen molar-refractivity contribution in [3.8, 4) is 0 Å². The SMILES string of the molecule is COCCC(C)NC(=O)[C@H](N)c1ccccc1. The van der Waals surface area contributed by atoms with Crippen molar-refractivity contribution in [1.82, 2.24) is 5.32 Å². The molecule has 0 radical (unpaired) electrons. The van der Waals surface area contributed by atoms with E-state index < -0.39 is 6.04 Å². The van der Waals surface area contributed by atoms with Crippen LogP contribution >= 0.6 is 0 Å². The summed E-state index contributed by atoms with van der Waals surface area (Å²) < 4.78 is 4.96. The largest absolute Gasteiger partial charge is 0.385 e. The van der Waals surface area contributed by atoms with E-state index in [1.807, 2.05) is 37.3 Å². The van der Waals surface area contributed by atoms with Crippen LogP contribution in [0.2, 0.25) is 0 Å². The fourth-order valence-corrected chi connectivity index (χ4v) is 1.51. The van der Waals surface area contributed by atoms with Crippen molar-refractivity contribution in [2.24, 2.45) is 5.73 Å². The van der Waals surface area contributed by atoms with Gasteiger partial charge in [-0.25, -0.2) is 0 Å². The third-order valence-electron chi connectivity index (χ3n) is 2.58. The molecule has 0 saturated carbocycles. The van der Waals surface area contributed by atoms with Gasteiger partial charge in [0.25, 0.3) is 0 Å². The average molecular weight is 236 g/mol.